The van der Waals surface area contributed by atoms with Crippen LogP contribution in [0.2, 0.25) is 0 Å². The van der Waals surface area contributed by atoms with Gasteiger partial charge >= 0.3 is 0 Å². The Morgan fingerprint density at radius 3 is 2.61 bits per heavy atom. The minimum atomic E-state index is 0.229. The summed E-state index contributed by atoms with van der Waals surface area (Å²) in [6, 6.07) is 8.19. The zero-order valence-corrected chi connectivity index (χ0v) is 12.0. The molecule has 1 unspecified atom stereocenters. The predicted octanol–water partition coefficient (Wildman–Crippen LogP) is 3.94. The molecule has 2 aromatic rings. The highest BCUT2D eigenvalue weighted by Crippen LogP contribution is 2.31. The zero-order valence-electron chi connectivity index (χ0n) is 11.2. The van der Waals surface area contributed by atoms with Gasteiger partial charge in [-0.15, -0.1) is 11.3 Å². The minimum Gasteiger partial charge on any atom is -0.495 e. The molecule has 2 rings (SSSR count). The first-order valence-corrected chi connectivity index (χ1v) is 6.77. The Morgan fingerprint density at radius 2 is 2.00 bits per heavy atom. The van der Waals surface area contributed by atoms with Crippen LogP contribution in [0, 0.1) is 13.8 Å². The summed E-state index contributed by atoms with van der Waals surface area (Å²) in [5, 5.41) is 4.58. The summed E-state index contributed by atoms with van der Waals surface area (Å²) in [7, 11) is 1.69. The maximum absolute atomic E-state index is 5.34. The third-order valence-electron chi connectivity index (χ3n) is 2.81. The van der Waals surface area contributed by atoms with Crippen LogP contribution >= 0.6 is 11.3 Å². The first-order chi connectivity index (χ1) is 8.61. The first kappa shape index (κ1) is 12.9. The highest BCUT2D eigenvalue weighted by atomic mass is 32.1. The normalized spacial score (nSPS) is 12.2. The number of benzene rings is 1. The van der Waals surface area contributed by atoms with Crippen LogP contribution in [-0.2, 0) is 0 Å². The van der Waals surface area contributed by atoms with Crippen LogP contribution in [0.15, 0.2) is 24.3 Å². The largest absolute Gasteiger partial charge is 0.495 e. The Bertz CT molecular complexity index is 536. The van der Waals surface area contributed by atoms with E-state index >= 15 is 0 Å². The number of hydrogen-bond donors (Lipinski definition) is 1. The number of methoxy groups -OCH3 is 1. The van der Waals surface area contributed by atoms with Gasteiger partial charge in [0, 0.05) is 4.88 Å². The third kappa shape index (κ3) is 2.64. The van der Waals surface area contributed by atoms with E-state index in [2.05, 4.69) is 24.1 Å². The van der Waals surface area contributed by atoms with E-state index in [0.29, 0.717) is 0 Å². The second-order valence-corrected chi connectivity index (χ2v) is 5.48. The Labute approximate surface area is 112 Å². The van der Waals surface area contributed by atoms with Gasteiger partial charge in [0.15, 0.2) is 0 Å². The van der Waals surface area contributed by atoms with Crippen LogP contribution in [0.1, 0.15) is 28.5 Å². The van der Waals surface area contributed by atoms with Gasteiger partial charge in [-0.2, -0.15) is 0 Å². The van der Waals surface area contributed by atoms with Gasteiger partial charge in [0.25, 0.3) is 0 Å². The van der Waals surface area contributed by atoms with Crippen LogP contribution in [0.25, 0.3) is 0 Å². The molecule has 0 saturated carbocycles. The lowest BCUT2D eigenvalue weighted by atomic mass is 10.2. The van der Waals surface area contributed by atoms with Gasteiger partial charge in [0.05, 0.1) is 29.5 Å². The van der Waals surface area contributed by atoms with Crippen LogP contribution in [0.3, 0.4) is 0 Å². The Hall–Kier alpha value is -1.55. The zero-order chi connectivity index (χ0) is 13.1. The van der Waals surface area contributed by atoms with Crippen molar-refractivity contribution in [1.29, 1.82) is 0 Å². The average molecular weight is 262 g/mol. The van der Waals surface area contributed by atoms with Gasteiger partial charge in [-0.3, -0.25) is 0 Å². The molecule has 0 bridgehead atoms. The molecule has 1 atom stereocenters. The van der Waals surface area contributed by atoms with E-state index in [1.54, 1.807) is 18.4 Å². The molecule has 96 valence electrons. The lowest BCUT2D eigenvalue weighted by molar-refractivity contribution is 0.416. The van der Waals surface area contributed by atoms with Crippen LogP contribution < -0.4 is 10.1 Å². The molecule has 3 nitrogen and oxygen atoms in total. The van der Waals surface area contributed by atoms with Crippen LogP contribution in [0.5, 0.6) is 5.75 Å². The molecule has 1 N–H and O–H groups in total. The first-order valence-electron chi connectivity index (χ1n) is 5.95. The Morgan fingerprint density at radius 1 is 1.28 bits per heavy atom. The summed E-state index contributed by atoms with van der Waals surface area (Å²) in [4.78, 5) is 5.74. The summed E-state index contributed by atoms with van der Waals surface area (Å²) in [6.07, 6.45) is 0. The number of ether oxygens (including phenoxy) is 1. The summed E-state index contributed by atoms with van der Waals surface area (Å²) in [6.45, 7) is 6.24. The van der Waals surface area contributed by atoms with E-state index < -0.39 is 0 Å². The molecule has 0 aliphatic rings. The number of rotatable bonds is 4. The monoisotopic (exact) mass is 262 g/mol. The van der Waals surface area contributed by atoms with E-state index in [-0.39, 0.29) is 6.04 Å². The van der Waals surface area contributed by atoms with Crippen molar-refractivity contribution in [2.45, 2.75) is 26.8 Å². The molecule has 0 aliphatic heterocycles. The summed E-state index contributed by atoms with van der Waals surface area (Å²) < 4.78 is 5.34. The molecule has 1 heterocycles. The quantitative estimate of drug-likeness (QED) is 0.906. The van der Waals surface area contributed by atoms with Gasteiger partial charge in [0.2, 0.25) is 0 Å². The number of aromatic nitrogens is 1. The minimum absolute atomic E-state index is 0.229. The van der Waals surface area contributed by atoms with Gasteiger partial charge in [0.1, 0.15) is 5.75 Å². The SMILES string of the molecule is COc1ccccc1NC(C)c1sc(C)nc1C. The number of nitrogens with one attached hydrogen (secondary N) is 1. The summed E-state index contributed by atoms with van der Waals surface area (Å²) >= 11 is 1.74. The molecule has 1 aromatic carbocycles. The lowest BCUT2D eigenvalue weighted by Crippen LogP contribution is -2.07. The second kappa shape index (κ2) is 5.40. The fraction of sp³-hybridized carbons (Fsp3) is 0.357. The molecule has 0 spiro atoms. The summed E-state index contributed by atoms with van der Waals surface area (Å²) in [5.41, 5.74) is 2.12. The van der Waals surface area contributed by atoms with Crippen LogP contribution in [0.4, 0.5) is 5.69 Å². The molecule has 18 heavy (non-hydrogen) atoms. The Kier molecular flexibility index (Phi) is 3.87. The third-order valence-corrected chi connectivity index (χ3v) is 4.07. The van der Waals surface area contributed by atoms with Crippen molar-refractivity contribution >= 4 is 17.0 Å². The fourth-order valence-electron chi connectivity index (χ4n) is 2.01. The van der Waals surface area contributed by atoms with Crippen molar-refractivity contribution in [3.05, 3.63) is 39.8 Å². The second-order valence-electron chi connectivity index (χ2n) is 4.25. The van der Waals surface area contributed by atoms with E-state index in [0.717, 1.165) is 22.1 Å². The number of thiazole rings is 1. The maximum atomic E-state index is 5.34. The molecule has 0 amide bonds. The maximum Gasteiger partial charge on any atom is 0.141 e. The van der Waals surface area contributed by atoms with E-state index in [1.165, 1.54) is 4.88 Å². The van der Waals surface area contributed by atoms with E-state index in [1.807, 2.05) is 31.2 Å². The molecule has 1 aromatic heterocycles. The standard InChI is InChI=1S/C14H18N2OS/c1-9-14(18-11(3)15-9)10(2)16-12-7-5-6-8-13(12)17-4/h5-8,10,16H,1-4H3. The number of nitrogens with zero attached hydrogens (tertiary/aromatic N) is 1. The molecular weight excluding hydrogens is 244 g/mol. The van der Waals surface area contributed by atoms with Crippen molar-refractivity contribution in [2.75, 3.05) is 12.4 Å². The highest BCUT2D eigenvalue weighted by molar-refractivity contribution is 7.11. The fourth-order valence-corrected chi connectivity index (χ4v) is 2.94. The van der Waals surface area contributed by atoms with Gasteiger partial charge < -0.3 is 10.1 Å². The number of para-hydroxylation sites is 2. The van der Waals surface area contributed by atoms with Crippen molar-refractivity contribution in [1.82, 2.24) is 4.98 Å². The number of hydrogen-bond acceptors (Lipinski definition) is 4. The molecule has 4 heteroatoms. The van der Waals surface area contributed by atoms with Gasteiger partial charge in [-0.05, 0) is 32.9 Å². The topological polar surface area (TPSA) is 34.1 Å². The highest BCUT2D eigenvalue weighted by Gasteiger charge is 2.14. The number of anilines is 1. The van der Waals surface area contributed by atoms with Crippen molar-refractivity contribution in [3.8, 4) is 5.75 Å². The Balaban J connectivity index is 2.21. The van der Waals surface area contributed by atoms with Crippen molar-refractivity contribution in [2.24, 2.45) is 0 Å². The van der Waals surface area contributed by atoms with E-state index in [9.17, 15) is 0 Å². The number of aryl methyl sites for hydroxylation is 2. The van der Waals surface area contributed by atoms with Gasteiger partial charge in [-0.25, -0.2) is 4.98 Å². The molecule has 0 fully saturated rings. The predicted molar refractivity (Wildman–Crippen MR) is 76.6 cm³/mol. The smallest absolute Gasteiger partial charge is 0.141 e. The molecular formula is C14H18N2OS. The van der Waals surface area contributed by atoms with Crippen LogP contribution in [-0.4, -0.2) is 12.1 Å². The summed E-state index contributed by atoms with van der Waals surface area (Å²) in [5.74, 6) is 0.864. The van der Waals surface area contributed by atoms with E-state index in [4.69, 9.17) is 4.74 Å². The van der Waals surface area contributed by atoms with Crippen molar-refractivity contribution < 1.29 is 4.74 Å². The molecule has 0 saturated heterocycles. The van der Waals surface area contributed by atoms with Gasteiger partial charge in [-0.1, -0.05) is 12.1 Å². The average Bonchev–Trinajstić information content (AvgIpc) is 2.69. The lowest BCUT2D eigenvalue weighted by Gasteiger charge is -2.16. The molecule has 0 radical (unpaired) electrons. The van der Waals surface area contributed by atoms with Crippen molar-refractivity contribution in [3.63, 3.8) is 0 Å². The molecule has 0 aliphatic carbocycles.